The third-order valence-electron chi connectivity index (χ3n) is 3.17. The maximum absolute atomic E-state index is 11.0. The van der Waals surface area contributed by atoms with Gasteiger partial charge in [-0.3, -0.25) is 4.79 Å². The first kappa shape index (κ1) is 8.05. The molecule has 1 spiro atoms. The highest BCUT2D eigenvalue weighted by Gasteiger charge is 2.44. The van der Waals surface area contributed by atoms with Crippen molar-refractivity contribution in [1.29, 1.82) is 0 Å². The molecule has 0 aromatic heterocycles. The van der Waals surface area contributed by atoms with Crippen molar-refractivity contribution >= 4 is 5.91 Å². The van der Waals surface area contributed by atoms with Gasteiger partial charge in [0.1, 0.15) is 0 Å². The lowest BCUT2D eigenvalue weighted by Gasteiger charge is -2.38. The normalized spacial score (nSPS) is 41.8. The van der Waals surface area contributed by atoms with Crippen molar-refractivity contribution in [3.05, 3.63) is 0 Å². The van der Waals surface area contributed by atoms with Gasteiger partial charge in [-0.25, -0.2) is 0 Å². The highest BCUT2D eigenvalue weighted by Crippen LogP contribution is 2.35. The zero-order valence-corrected chi connectivity index (χ0v) is 7.18. The predicted octanol–water partition coefficient (Wildman–Crippen LogP) is 0.570. The van der Waals surface area contributed by atoms with Crippen LogP contribution in [0.25, 0.3) is 0 Å². The number of amides is 1. The molecule has 0 aromatic carbocycles. The number of carbonyl (C=O) groups excluding carboxylic acids is 1. The summed E-state index contributed by atoms with van der Waals surface area (Å²) in [4.78, 5) is 11.0. The van der Waals surface area contributed by atoms with Gasteiger partial charge in [0.2, 0.25) is 5.91 Å². The monoisotopic (exact) mass is 169 g/mol. The highest BCUT2D eigenvalue weighted by molar-refractivity contribution is 5.79. The average molecular weight is 169 g/mol. The molecule has 1 saturated carbocycles. The second-order valence-corrected chi connectivity index (χ2v) is 3.97. The van der Waals surface area contributed by atoms with E-state index in [4.69, 9.17) is 0 Å². The molecule has 68 valence electrons. The Morgan fingerprint density at radius 2 is 2.25 bits per heavy atom. The Bertz CT molecular complexity index is 205. The standard InChI is InChI=1S/C9H15NO2/c11-7-3-1-2-5-9(7)6-4-8(12)10-9/h7,11H,1-6H2,(H,10,12)/t7-,9-/m1/s1. The summed E-state index contributed by atoms with van der Waals surface area (Å²) in [6.45, 7) is 0. The van der Waals surface area contributed by atoms with E-state index in [1.165, 1.54) is 0 Å². The van der Waals surface area contributed by atoms with E-state index in [0.717, 1.165) is 32.1 Å². The fourth-order valence-electron chi connectivity index (χ4n) is 2.40. The average Bonchev–Trinajstić information content (AvgIpc) is 2.41. The number of nitrogens with one attached hydrogen (secondary N) is 1. The van der Waals surface area contributed by atoms with Crippen LogP contribution in [0.3, 0.4) is 0 Å². The summed E-state index contributed by atoms with van der Waals surface area (Å²) in [5.74, 6) is 0.107. The summed E-state index contributed by atoms with van der Waals surface area (Å²) >= 11 is 0. The summed E-state index contributed by atoms with van der Waals surface area (Å²) < 4.78 is 0. The third-order valence-corrected chi connectivity index (χ3v) is 3.17. The van der Waals surface area contributed by atoms with Crippen LogP contribution in [0.5, 0.6) is 0 Å². The maximum atomic E-state index is 11.0. The van der Waals surface area contributed by atoms with Crippen molar-refractivity contribution in [2.45, 2.75) is 50.2 Å². The molecule has 2 rings (SSSR count). The molecule has 2 N–H and O–H groups in total. The van der Waals surface area contributed by atoms with E-state index in [-0.39, 0.29) is 17.6 Å². The Labute approximate surface area is 72.2 Å². The summed E-state index contributed by atoms with van der Waals surface area (Å²) in [5, 5.41) is 12.7. The fourth-order valence-corrected chi connectivity index (χ4v) is 2.40. The van der Waals surface area contributed by atoms with Crippen LogP contribution in [0.1, 0.15) is 38.5 Å². The van der Waals surface area contributed by atoms with Crippen LogP contribution in [0.15, 0.2) is 0 Å². The van der Waals surface area contributed by atoms with Crippen molar-refractivity contribution in [1.82, 2.24) is 5.32 Å². The van der Waals surface area contributed by atoms with E-state index < -0.39 is 0 Å². The van der Waals surface area contributed by atoms with Gasteiger partial charge >= 0.3 is 0 Å². The molecule has 1 aliphatic carbocycles. The van der Waals surface area contributed by atoms with Crippen LogP contribution < -0.4 is 5.32 Å². The third kappa shape index (κ3) is 1.12. The topological polar surface area (TPSA) is 49.3 Å². The Morgan fingerprint density at radius 3 is 2.83 bits per heavy atom. The number of hydrogen-bond donors (Lipinski definition) is 2. The van der Waals surface area contributed by atoms with Crippen LogP contribution in [0.2, 0.25) is 0 Å². The van der Waals surface area contributed by atoms with Crippen molar-refractivity contribution in [3.8, 4) is 0 Å². The van der Waals surface area contributed by atoms with Crippen LogP contribution in [-0.4, -0.2) is 22.7 Å². The molecule has 0 radical (unpaired) electrons. The first-order valence-electron chi connectivity index (χ1n) is 4.72. The van der Waals surface area contributed by atoms with Gasteiger partial charge in [0.15, 0.2) is 0 Å². The highest BCUT2D eigenvalue weighted by atomic mass is 16.3. The van der Waals surface area contributed by atoms with E-state index >= 15 is 0 Å². The Hall–Kier alpha value is -0.570. The van der Waals surface area contributed by atoms with E-state index in [9.17, 15) is 9.90 Å². The molecule has 3 heteroatoms. The lowest BCUT2D eigenvalue weighted by Crippen LogP contribution is -2.53. The van der Waals surface area contributed by atoms with Crippen molar-refractivity contribution in [2.24, 2.45) is 0 Å². The first-order chi connectivity index (χ1) is 5.73. The molecule has 2 fully saturated rings. The molecule has 0 bridgehead atoms. The van der Waals surface area contributed by atoms with Gasteiger partial charge in [0, 0.05) is 6.42 Å². The SMILES string of the molecule is O=C1CC[C@@]2(CCCC[C@H]2O)N1. The van der Waals surface area contributed by atoms with Gasteiger partial charge in [0.25, 0.3) is 0 Å². The van der Waals surface area contributed by atoms with Gasteiger partial charge in [-0.15, -0.1) is 0 Å². The second-order valence-electron chi connectivity index (χ2n) is 3.97. The van der Waals surface area contributed by atoms with Crippen molar-refractivity contribution in [2.75, 3.05) is 0 Å². The lowest BCUT2D eigenvalue weighted by atomic mass is 9.78. The summed E-state index contributed by atoms with van der Waals surface area (Å²) in [6, 6.07) is 0. The minimum Gasteiger partial charge on any atom is -0.391 e. The summed E-state index contributed by atoms with van der Waals surface area (Å²) in [6.07, 6.45) is 5.15. The van der Waals surface area contributed by atoms with E-state index in [2.05, 4.69) is 5.32 Å². The van der Waals surface area contributed by atoms with E-state index in [1.807, 2.05) is 0 Å². The molecule has 0 aromatic rings. The number of aliphatic hydroxyl groups excluding tert-OH is 1. The molecule has 2 aliphatic rings. The Morgan fingerprint density at radius 1 is 1.42 bits per heavy atom. The number of hydrogen-bond acceptors (Lipinski definition) is 2. The van der Waals surface area contributed by atoms with Gasteiger partial charge in [0.05, 0.1) is 11.6 Å². The quantitative estimate of drug-likeness (QED) is 0.557. The minimum absolute atomic E-state index is 0.107. The van der Waals surface area contributed by atoms with Gasteiger partial charge in [-0.1, -0.05) is 12.8 Å². The molecule has 0 unspecified atom stereocenters. The van der Waals surface area contributed by atoms with Crippen LogP contribution in [0, 0.1) is 0 Å². The van der Waals surface area contributed by atoms with E-state index in [0.29, 0.717) is 6.42 Å². The van der Waals surface area contributed by atoms with Crippen LogP contribution in [-0.2, 0) is 4.79 Å². The molecule has 3 nitrogen and oxygen atoms in total. The lowest BCUT2D eigenvalue weighted by molar-refractivity contribution is -0.120. The second kappa shape index (κ2) is 2.73. The fraction of sp³-hybridized carbons (Fsp3) is 0.889. The van der Waals surface area contributed by atoms with Crippen molar-refractivity contribution < 1.29 is 9.90 Å². The summed E-state index contributed by atoms with van der Waals surface area (Å²) in [7, 11) is 0. The zero-order chi connectivity index (χ0) is 8.60. The summed E-state index contributed by atoms with van der Waals surface area (Å²) in [5.41, 5.74) is -0.241. The molecule has 1 aliphatic heterocycles. The number of carbonyl (C=O) groups is 1. The number of rotatable bonds is 0. The van der Waals surface area contributed by atoms with Gasteiger partial charge < -0.3 is 10.4 Å². The number of aliphatic hydroxyl groups is 1. The molecule has 12 heavy (non-hydrogen) atoms. The predicted molar refractivity (Wildman–Crippen MR) is 44.6 cm³/mol. The molecule has 2 atom stereocenters. The first-order valence-corrected chi connectivity index (χ1v) is 4.72. The smallest absolute Gasteiger partial charge is 0.220 e. The molecule has 1 heterocycles. The van der Waals surface area contributed by atoms with Gasteiger partial charge in [-0.2, -0.15) is 0 Å². The van der Waals surface area contributed by atoms with Gasteiger partial charge in [-0.05, 0) is 19.3 Å². The molecule has 1 saturated heterocycles. The molecular formula is C9H15NO2. The Kier molecular flexibility index (Phi) is 1.83. The van der Waals surface area contributed by atoms with Crippen LogP contribution in [0.4, 0.5) is 0 Å². The Balaban J connectivity index is 2.12. The minimum atomic E-state index is -0.308. The van der Waals surface area contributed by atoms with Crippen molar-refractivity contribution in [3.63, 3.8) is 0 Å². The zero-order valence-electron chi connectivity index (χ0n) is 7.18. The largest absolute Gasteiger partial charge is 0.391 e. The molecular weight excluding hydrogens is 154 g/mol. The molecule has 1 amide bonds. The maximum Gasteiger partial charge on any atom is 0.220 e. The van der Waals surface area contributed by atoms with E-state index in [1.54, 1.807) is 0 Å². The van der Waals surface area contributed by atoms with Crippen LogP contribution >= 0.6 is 0 Å².